The summed E-state index contributed by atoms with van der Waals surface area (Å²) in [5.41, 5.74) is 10.3. The molecule has 0 unspecified atom stereocenters. The van der Waals surface area contributed by atoms with E-state index in [1.54, 1.807) is 36.4 Å². The molecule has 0 saturated heterocycles. The smallest absolute Gasteiger partial charge is 0.294 e. The molecule has 0 fully saturated rings. The Morgan fingerprint density at radius 3 is 2.29 bits per heavy atom. The second kappa shape index (κ2) is 12.2. The highest BCUT2D eigenvalue weighted by molar-refractivity contribution is 7.86. The fourth-order valence-corrected chi connectivity index (χ4v) is 5.02. The average Bonchev–Trinajstić information content (AvgIpc) is 2.91. The molecule has 0 aliphatic rings. The number of anilines is 2. The highest BCUT2D eigenvalue weighted by atomic mass is 32.2. The molecule has 0 saturated carbocycles. The summed E-state index contributed by atoms with van der Waals surface area (Å²) in [5, 5.41) is 12.0. The van der Waals surface area contributed by atoms with Crippen molar-refractivity contribution < 1.29 is 35.5 Å². The minimum Gasteiger partial charge on any atom is -0.493 e. The van der Waals surface area contributed by atoms with Crippen LogP contribution in [0.25, 0.3) is 10.8 Å². The summed E-state index contributed by atoms with van der Waals surface area (Å²) in [5.74, 6) is -0.900. The Balaban J connectivity index is 1.51. The average molecular weight is 613 g/mol. The minimum absolute atomic E-state index is 0.0502. The maximum atomic E-state index is 12.9. The molecule has 0 bridgehead atoms. The Morgan fingerprint density at radius 2 is 1.62 bits per heavy atom. The van der Waals surface area contributed by atoms with Crippen molar-refractivity contribution in [2.45, 2.75) is 25.2 Å². The van der Waals surface area contributed by atoms with Crippen LogP contribution < -0.4 is 15.8 Å². The zero-order chi connectivity index (χ0) is 30.7. The van der Waals surface area contributed by atoms with Gasteiger partial charge < -0.3 is 15.8 Å². The topological polar surface area (TPSA) is 198 Å². The lowest BCUT2D eigenvalue weighted by Crippen LogP contribution is -2.11. The molecule has 220 valence electrons. The van der Waals surface area contributed by atoms with Gasteiger partial charge in [0.25, 0.3) is 26.1 Å². The Kier molecular flexibility index (Phi) is 8.92. The standard InChI is InChI=1S/C28H28N4O8S2/c1-17-13-26(18(2)12-25(17)29)32-31-21-6-4-19(5-7-21)28(33)30-22-8-9-24-20(14-22)15-23(42(37,38)39)16-27(24)40-10-3-11-41(34,35)36/h4-9,12-16H,3,10-11,29H2,1-2H3,(H,30,33)(H,34,35,36)(H,37,38,39). The van der Waals surface area contributed by atoms with E-state index in [9.17, 15) is 26.2 Å². The molecule has 0 atom stereocenters. The summed E-state index contributed by atoms with van der Waals surface area (Å²) >= 11 is 0. The van der Waals surface area contributed by atoms with Gasteiger partial charge in [-0.25, -0.2) is 0 Å². The van der Waals surface area contributed by atoms with Crippen molar-refractivity contribution in [3.05, 3.63) is 83.4 Å². The number of nitrogens with one attached hydrogen (secondary N) is 1. The van der Waals surface area contributed by atoms with Gasteiger partial charge in [0.1, 0.15) is 5.75 Å². The van der Waals surface area contributed by atoms with Gasteiger partial charge in [0.05, 0.1) is 28.6 Å². The number of carbonyl (C=O) groups excluding carboxylic acids is 1. The maximum Gasteiger partial charge on any atom is 0.294 e. The molecule has 5 N–H and O–H groups in total. The van der Waals surface area contributed by atoms with Crippen LogP contribution in [0.15, 0.2) is 81.9 Å². The Bertz CT molecular complexity index is 1910. The van der Waals surface area contributed by atoms with Gasteiger partial charge >= 0.3 is 0 Å². The van der Waals surface area contributed by atoms with Crippen LogP contribution >= 0.6 is 0 Å². The number of rotatable bonds is 10. The summed E-state index contributed by atoms with van der Waals surface area (Å²) in [6.45, 7) is 3.63. The summed E-state index contributed by atoms with van der Waals surface area (Å²) in [6.07, 6.45) is -0.0502. The first kappa shape index (κ1) is 30.6. The molecule has 0 aromatic heterocycles. The summed E-state index contributed by atoms with van der Waals surface area (Å²) in [6, 6.07) is 17.1. The van der Waals surface area contributed by atoms with E-state index >= 15 is 0 Å². The molecule has 0 aliphatic carbocycles. The minimum atomic E-state index is -4.61. The van der Waals surface area contributed by atoms with Gasteiger partial charge in [-0.1, -0.05) is 0 Å². The fraction of sp³-hybridized carbons (Fsp3) is 0.179. The van der Waals surface area contributed by atoms with Gasteiger partial charge in [-0.05, 0) is 97.4 Å². The number of aryl methyl sites for hydroxylation is 2. The van der Waals surface area contributed by atoms with Crippen molar-refractivity contribution >= 4 is 59.7 Å². The van der Waals surface area contributed by atoms with Crippen molar-refractivity contribution in [1.29, 1.82) is 0 Å². The lowest BCUT2D eigenvalue weighted by Gasteiger charge is -2.13. The van der Waals surface area contributed by atoms with Crippen LogP contribution in [0.2, 0.25) is 0 Å². The number of amides is 1. The Labute approximate surface area is 242 Å². The van der Waals surface area contributed by atoms with Crippen LogP contribution in [0.3, 0.4) is 0 Å². The third-order valence-electron chi connectivity index (χ3n) is 6.24. The van der Waals surface area contributed by atoms with Crippen molar-refractivity contribution in [3.63, 3.8) is 0 Å². The van der Waals surface area contributed by atoms with Gasteiger partial charge in [0.2, 0.25) is 0 Å². The van der Waals surface area contributed by atoms with Crippen molar-refractivity contribution in [2.24, 2.45) is 10.2 Å². The van der Waals surface area contributed by atoms with E-state index in [-0.39, 0.29) is 18.8 Å². The van der Waals surface area contributed by atoms with Crippen LogP contribution in [0.1, 0.15) is 27.9 Å². The van der Waals surface area contributed by atoms with E-state index in [0.717, 1.165) is 17.2 Å². The zero-order valence-electron chi connectivity index (χ0n) is 22.6. The third-order valence-corrected chi connectivity index (χ3v) is 7.87. The molecule has 4 aromatic rings. The quantitative estimate of drug-likeness (QED) is 0.0761. The van der Waals surface area contributed by atoms with E-state index in [1.165, 1.54) is 12.1 Å². The van der Waals surface area contributed by atoms with Crippen LogP contribution in [-0.2, 0) is 20.2 Å². The van der Waals surface area contributed by atoms with Gasteiger partial charge in [-0.3, -0.25) is 13.9 Å². The molecule has 0 radical (unpaired) electrons. The largest absolute Gasteiger partial charge is 0.493 e. The van der Waals surface area contributed by atoms with Gasteiger partial charge in [-0.15, -0.1) is 0 Å². The van der Waals surface area contributed by atoms with E-state index in [0.29, 0.717) is 39.1 Å². The molecule has 4 aromatic carbocycles. The molecule has 14 heteroatoms. The predicted molar refractivity (Wildman–Crippen MR) is 159 cm³/mol. The van der Waals surface area contributed by atoms with E-state index in [4.69, 9.17) is 15.0 Å². The summed E-state index contributed by atoms with van der Waals surface area (Å²) in [7, 11) is -8.79. The van der Waals surface area contributed by atoms with Gasteiger partial charge in [-0.2, -0.15) is 27.1 Å². The predicted octanol–water partition coefficient (Wildman–Crippen LogP) is 5.61. The number of ether oxygens (including phenoxy) is 1. The molecule has 0 spiro atoms. The highest BCUT2D eigenvalue weighted by Crippen LogP contribution is 2.32. The molecule has 0 heterocycles. The van der Waals surface area contributed by atoms with Gasteiger partial charge in [0.15, 0.2) is 0 Å². The normalized spacial score (nSPS) is 12.1. The van der Waals surface area contributed by atoms with Crippen LogP contribution in [0, 0.1) is 13.8 Å². The van der Waals surface area contributed by atoms with Crippen LogP contribution in [-0.4, -0.2) is 44.2 Å². The van der Waals surface area contributed by atoms with E-state index in [2.05, 4.69) is 15.5 Å². The number of azo groups is 1. The molecule has 4 rings (SSSR count). The third kappa shape index (κ3) is 7.88. The first-order valence-corrected chi connectivity index (χ1v) is 15.6. The Hall–Kier alpha value is -4.37. The van der Waals surface area contributed by atoms with E-state index in [1.807, 2.05) is 26.0 Å². The number of nitrogens with two attached hydrogens (primary N) is 1. The maximum absolute atomic E-state index is 12.9. The molecule has 0 aliphatic heterocycles. The lowest BCUT2D eigenvalue weighted by molar-refractivity contribution is 0.102. The number of nitrogens with zero attached hydrogens (tertiary/aromatic N) is 2. The van der Waals surface area contributed by atoms with Crippen molar-refractivity contribution in [1.82, 2.24) is 0 Å². The zero-order valence-corrected chi connectivity index (χ0v) is 24.2. The summed E-state index contributed by atoms with van der Waals surface area (Å²) in [4.78, 5) is 12.4. The number of nitrogen functional groups attached to an aromatic ring is 1. The second-order valence-corrected chi connectivity index (χ2v) is 12.5. The fourth-order valence-electron chi connectivity index (χ4n) is 4.00. The molecule has 12 nitrogen and oxygen atoms in total. The Morgan fingerprint density at radius 1 is 0.905 bits per heavy atom. The SMILES string of the molecule is Cc1cc(N=Nc2ccc(C(=O)Nc3ccc4c(OCCCS(=O)(=O)O)cc(S(=O)(=O)O)cc4c3)cc2)c(C)cc1N. The van der Waals surface area contributed by atoms with Crippen molar-refractivity contribution in [3.8, 4) is 5.75 Å². The lowest BCUT2D eigenvalue weighted by atomic mass is 10.1. The summed E-state index contributed by atoms with van der Waals surface area (Å²) < 4.78 is 69.6. The number of fused-ring (bicyclic) bond motifs is 1. The second-order valence-electron chi connectivity index (χ2n) is 9.52. The van der Waals surface area contributed by atoms with E-state index < -0.39 is 36.8 Å². The van der Waals surface area contributed by atoms with Crippen LogP contribution in [0.4, 0.5) is 22.7 Å². The first-order chi connectivity index (χ1) is 19.7. The molecular formula is C28H28N4O8S2. The number of benzene rings is 4. The monoisotopic (exact) mass is 612 g/mol. The van der Waals surface area contributed by atoms with Gasteiger partial charge in [0, 0.05) is 28.4 Å². The number of carbonyl (C=O) groups is 1. The van der Waals surface area contributed by atoms with Crippen LogP contribution in [0.5, 0.6) is 5.75 Å². The molecule has 42 heavy (non-hydrogen) atoms. The number of hydrogen-bond donors (Lipinski definition) is 4. The molecular weight excluding hydrogens is 584 g/mol. The molecule has 1 amide bonds. The number of hydrogen-bond acceptors (Lipinski definition) is 9. The first-order valence-electron chi connectivity index (χ1n) is 12.5. The highest BCUT2D eigenvalue weighted by Gasteiger charge is 2.16. The van der Waals surface area contributed by atoms with Crippen molar-refractivity contribution in [2.75, 3.05) is 23.4 Å².